The lowest BCUT2D eigenvalue weighted by molar-refractivity contribution is 0.415. The number of fused-ring (bicyclic) bond motifs is 1. The summed E-state index contributed by atoms with van der Waals surface area (Å²) in [6.45, 7) is 0. The fourth-order valence-corrected chi connectivity index (χ4v) is 2.90. The Kier molecular flexibility index (Phi) is 4.05. The van der Waals surface area contributed by atoms with Gasteiger partial charge in [0.05, 0.1) is 23.8 Å². The number of ether oxygens (including phenoxy) is 1. The largest absolute Gasteiger partial charge is 0.497 e. The highest BCUT2D eigenvalue weighted by atomic mass is 16.5. The van der Waals surface area contributed by atoms with Crippen molar-refractivity contribution in [1.29, 1.82) is 0 Å². The average molecular weight is 326 g/mol. The lowest BCUT2D eigenvalue weighted by Crippen LogP contribution is -1.94. The third-order valence-electron chi connectivity index (χ3n) is 4.22. The van der Waals surface area contributed by atoms with E-state index in [9.17, 15) is 0 Å². The first-order valence-corrected chi connectivity index (χ1v) is 8.19. The number of aromatic nitrogens is 2. The van der Waals surface area contributed by atoms with Gasteiger partial charge < -0.3 is 4.74 Å². The molecular weight excluding hydrogens is 308 g/mol. The van der Waals surface area contributed by atoms with Crippen molar-refractivity contribution in [3.63, 3.8) is 0 Å². The number of para-hydroxylation sites is 3. The van der Waals surface area contributed by atoms with Crippen LogP contribution >= 0.6 is 0 Å². The van der Waals surface area contributed by atoms with Crippen LogP contribution in [0.2, 0.25) is 0 Å². The van der Waals surface area contributed by atoms with Crippen LogP contribution < -0.4 is 4.74 Å². The Balaban J connectivity index is 1.72. The molecule has 0 radical (unpaired) electrons. The first kappa shape index (κ1) is 15.2. The highest BCUT2D eigenvalue weighted by Gasteiger charge is 2.06. The quantitative estimate of drug-likeness (QED) is 0.482. The number of benzene rings is 3. The maximum absolute atomic E-state index is 5.21. The van der Waals surface area contributed by atoms with Crippen molar-refractivity contribution in [3.8, 4) is 11.4 Å². The predicted molar refractivity (Wildman–Crippen MR) is 103 cm³/mol. The SMILES string of the molecule is COc1ccc(/C=C/c2ccccc2-n2cnc3ccccc32)cc1. The van der Waals surface area contributed by atoms with Crippen LogP contribution in [0.1, 0.15) is 11.1 Å². The second kappa shape index (κ2) is 6.65. The molecule has 0 N–H and O–H groups in total. The Morgan fingerprint density at radius 2 is 1.60 bits per heavy atom. The Bertz CT molecular complexity index is 1030. The number of hydrogen-bond acceptors (Lipinski definition) is 2. The van der Waals surface area contributed by atoms with Gasteiger partial charge in [0, 0.05) is 0 Å². The minimum atomic E-state index is 0.863. The van der Waals surface area contributed by atoms with Crippen LogP contribution in [-0.4, -0.2) is 16.7 Å². The predicted octanol–water partition coefficient (Wildman–Crippen LogP) is 5.20. The van der Waals surface area contributed by atoms with Gasteiger partial charge in [0.1, 0.15) is 12.1 Å². The molecule has 4 rings (SSSR count). The molecule has 0 aliphatic heterocycles. The van der Waals surface area contributed by atoms with Gasteiger partial charge in [0.25, 0.3) is 0 Å². The lowest BCUT2D eigenvalue weighted by Gasteiger charge is -2.08. The third-order valence-corrected chi connectivity index (χ3v) is 4.22. The molecular formula is C22H18N2O. The van der Waals surface area contributed by atoms with Gasteiger partial charge in [0.15, 0.2) is 0 Å². The summed E-state index contributed by atoms with van der Waals surface area (Å²) in [6, 6.07) is 24.5. The number of imidazole rings is 1. The molecule has 0 bridgehead atoms. The van der Waals surface area contributed by atoms with Crippen molar-refractivity contribution in [1.82, 2.24) is 9.55 Å². The maximum atomic E-state index is 5.21. The van der Waals surface area contributed by atoms with Crippen molar-refractivity contribution in [2.24, 2.45) is 0 Å². The minimum Gasteiger partial charge on any atom is -0.497 e. The summed E-state index contributed by atoms with van der Waals surface area (Å²) in [5.41, 5.74) is 5.48. The molecule has 0 amide bonds. The molecule has 3 heteroatoms. The van der Waals surface area contributed by atoms with E-state index in [1.165, 1.54) is 0 Å². The minimum absolute atomic E-state index is 0.863. The Labute approximate surface area is 146 Å². The molecule has 0 spiro atoms. The van der Waals surface area contributed by atoms with E-state index in [-0.39, 0.29) is 0 Å². The van der Waals surface area contributed by atoms with E-state index in [4.69, 9.17) is 4.74 Å². The van der Waals surface area contributed by atoms with E-state index < -0.39 is 0 Å². The van der Waals surface area contributed by atoms with Gasteiger partial charge in [-0.3, -0.25) is 4.57 Å². The molecule has 0 aliphatic rings. The van der Waals surface area contributed by atoms with Crippen molar-refractivity contribution < 1.29 is 4.74 Å². The smallest absolute Gasteiger partial charge is 0.118 e. The zero-order valence-electron chi connectivity index (χ0n) is 14.0. The normalized spacial score (nSPS) is 11.2. The summed E-state index contributed by atoms with van der Waals surface area (Å²) < 4.78 is 7.33. The summed E-state index contributed by atoms with van der Waals surface area (Å²) in [5, 5.41) is 0. The van der Waals surface area contributed by atoms with E-state index in [2.05, 4.69) is 52.0 Å². The van der Waals surface area contributed by atoms with Crippen LogP contribution in [0, 0.1) is 0 Å². The van der Waals surface area contributed by atoms with E-state index >= 15 is 0 Å². The molecule has 3 nitrogen and oxygen atoms in total. The van der Waals surface area contributed by atoms with Gasteiger partial charge in [-0.05, 0) is 41.5 Å². The fourth-order valence-electron chi connectivity index (χ4n) is 2.90. The standard InChI is InChI=1S/C22H18N2O/c1-25-19-14-11-17(12-15-19)10-13-18-6-2-4-8-21(18)24-16-23-20-7-3-5-9-22(20)24/h2-16H,1H3/b13-10+. The molecule has 3 aromatic carbocycles. The highest BCUT2D eigenvalue weighted by molar-refractivity contribution is 5.80. The molecule has 4 aromatic rings. The van der Waals surface area contributed by atoms with Gasteiger partial charge >= 0.3 is 0 Å². The molecule has 0 saturated carbocycles. The van der Waals surface area contributed by atoms with Gasteiger partial charge in [-0.2, -0.15) is 0 Å². The Morgan fingerprint density at radius 1 is 0.840 bits per heavy atom. The molecule has 0 saturated heterocycles. The summed E-state index contributed by atoms with van der Waals surface area (Å²) in [7, 11) is 1.68. The first-order chi connectivity index (χ1) is 12.3. The zero-order chi connectivity index (χ0) is 17.1. The lowest BCUT2D eigenvalue weighted by atomic mass is 10.1. The zero-order valence-corrected chi connectivity index (χ0v) is 14.0. The van der Waals surface area contributed by atoms with Crippen LogP contribution in [0.3, 0.4) is 0 Å². The second-order valence-corrected chi connectivity index (χ2v) is 5.77. The van der Waals surface area contributed by atoms with E-state index in [0.717, 1.165) is 33.6 Å². The molecule has 25 heavy (non-hydrogen) atoms. The number of rotatable bonds is 4. The van der Waals surface area contributed by atoms with Crippen molar-refractivity contribution in [3.05, 3.63) is 90.3 Å². The molecule has 1 heterocycles. The van der Waals surface area contributed by atoms with E-state index in [1.807, 2.05) is 48.8 Å². The van der Waals surface area contributed by atoms with Crippen molar-refractivity contribution >= 4 is 23.2 Å². The van der Waals surface area contributed by atoms with E-state index in [0.29, 0.717) is 0 Å². The summed E-state index contributed by atoms with van der Waals surface area (Å²) >= 11 is 0. The topological polar surface area (TPSA) is 27.1 Å². The van der Waals surface area contributed by atoms with E-state index in [1.54, 1.807) is 7.11 Å². The summed E-state index contributed by atoms with van der Waals surface area (Å²) in [5.74, 6) is 0.863. The Morgan fingerprint density at radius 3 is 2.44 bits per heavy atom. The first-order valence-electron chi connectivity index (χ1n) is 8.19. The van der Waals surface area contributed by atoms with Crippen LogP contribution in [-0.2, 0) is 0 Å². The van der Waals surface area contributed by atoms with Gasteiger partial charge in [-0.15, -0.1) is 0 Å². The number of hydrogen-bond donors (Lipinski definition) is 0. The van der Waals surface area contributed by atoms with Crippen LogP contribution in [0.15, 0.2) is 79.1 Å². The van der Waals surface area contributed by atoms with Gasteiger partial charge in [-0.25, -0.2) is 4.98 Å². The Hall–Kier alpha value is -3.33. The van der Waals surface area contributed by atoms with Gasteiger partial charge in [-0.1, -0.05) is 54.6 Å². The maximum Gasteiger partial charge on any atom is 0.118 e. The third kappa shape index (κ3) is 3.04. The summed E-state index contributed by atoms with van der Waals surface area (Å²) in [4.78, 5) is 4.50. The molecule has 1 aromatic heterocycles. The molecule has 0 unspecified atom stereocenters. The monoisotopic (exact) mass is 326 g/mol. The molecule has 0 fully saturated rings. The second-order valence-electron chi connectivity index (χ2n) is 5.77. The molecule has 122 valence electrons. The van der Waals surface area contributed by atoms with Crippen LogP contribution in [0.25, 0.3) is 28.9 Å². The fraction of sp³-hybridized carbons (Fsp3) is 0.0455. The van der Waals surface area contributed by atoms with Crippen LogP contribution in [0.5, 0.6) is 5.75 Å². The number of methoxy groups -OCH3 is 1. The summed E-state index contributed by atoms with van der Waals surface area (Å²) in [6.07, 6.45) is 6.12. The average Bonchev–Trinajstić information content (AvgIpc) is 3.11. The molecule has 0 atom stereocenters. The number of nitrogens with zero attached hydrogens (tertiary/aromatic N) is 2. The van der Waals surface area contributed by atoms with Crippen molar-refractivity contribution in [2.45, 2.75) is 0 Å². The van der Waals surface area contributed by atoms with Crippen molar-refractivity contribution in [2.75, 3.05) is 7.11 Å². The van der Waals surface area contributed by atoms with Gasteiger partial charge in [0.2, 0.25) is 0 Å². The highest BCUT2D eigenvalue weighted by Crippen LogP contribution is 2.23. The van der Waals surface area contributed by atoms with Crippen LogP contribution in [0.4, 0.5) is 0 Å². The molecule has 0 aliphatic carbocycles.